The number of methoxy groups -OCH3 is 1. The third kappa shape index (κ3) is 1.86. The predicted molar refractivity (Wildman–Crippen MR) is 45.7 cm³/mol. The van der Waals surface area contributed by atoms with Gasteiger partial charge in [0.25, 0.3) is 0 Å². The summed E-state index contributed by atoms with van der Waals surface area (Å²) in [5, 5.41) is 0.386. The first kappa shape index (κ1) is 8.84. The van der Waals surface area contributed by atoms with Crippen LogP contribution in [0.3, 0.4) is 0 Å². The Balaban J connectivity index is 2.97. The van der Waals surface area contributed by atoms with E-state index in [1.807, 2.05) is 0 Å². The van der Waals surface area contributed by atoms with Crippen LogP contribution < -0.4 is 0 Å². The molecular weight excluding hydrogens is 207 g/mol. The van der Waals surface area contributed by atoms with Crippen LogP contribution in [-0.4, -0.2) is 13.1 Å². The minimum absolute atomic E-state index is 0.386. The minimum Gasteiger partial charge on any atom is -0.465 e. The van der Waals surface area contributed by atoms with Crippen LogP contribution >= 0.6 is 34.5 Å². The lowest BCUT2D eigenvalue weighted by Crippen LogP contribution is -1.96. The highest BCUT2D eigenvalue weighted by Crippen LogP contribution is 2.31. The van der Waals surface area contributed by atoms with Gasteiger partial charge in [-0.3, -0.25) is 0 Å². The molecule has 60 valence electrons. The van der Waals surface area contributed by atoms with Gasteiger partial charge < -0.3 is 4.74 Å². The van der Waals surface area contributed by atoms with Crippen LogP contribution in [-0.2, 0) is 4.74 Å². The summed E-state index contributed by atoms with van der Waals surface area (Å²) in [7, 11) is 1.31. The van der Waals surface area contributed by atoms with E-state index in [1.165, 1.54) is 13.2 Å². The van der Waals surface area contributed by atoms with E-state index in [2.05, 4.69) is 4.74 Å². The number of hydrogen-bond donors (Lipinski definition) is 0. The molecule has 1 aromatic heterocycles. The van der Waals surface area contributed by atoms with E-state index in [0.29, 0.717) is 14.2 Å². The standard InChI is InChI=1S/C6H4Cl2O2S/c1-10-6(9)4-2-3(7)5(8)11-4/h2H,1H3. The first-order chi connectivity index (χ1) is 5.15. The van der Waals surface area contributed by atoms with Crippen molar-refractivity contribution in [3.63, 3.8) is 0 Å². The van der Waals surface area contributed by atoms with Gasteiger partial charge in [-0.25, -0.2) is 4.79 Å². The maximum absolute atomic E-state index is 10.8. The van der Waals surface area contributed by atoms with E-state index in [0.717, 1.165) is 11.3 Å². The second kappa shape index (κ2) is 3.43. The molecule has 0 saturated heterocycles. The first-order valence-corrected chi connectivity index (χ1v) is 4.25. The highest BCUT2D eigenvalue weighted by molar-refractivity contribution is 7.18. The van der Waals surface area contributed by atoms with Crippen molar-refractivity contribution in [2.45, 2.75) is 0 Å². The topological polar surface area (TPSA) is 26.3 Å². The fourth-order valence-corrected chi connectivity index (χ4v) is 1.83. The molecular formula is C6H4Cl2O2S. The van der Waals surface area contributed by atoms with E-state index >= 15 is 0 Å². The number of carbonyl (C=O) groups excluding carboxylic acids is 1. The Hall–Kier alpha value is -0.250. The van der Waals surface area contributed by atoms with Crippen LogP contribution in [0.1, 0.15) is 9.67 Å². The van der Waals surface area contributed by atoms with Crippen molar-refractivity contribution in [2.24, 2.45) is 0 Å². The molecule has 5 heteroatoms. The molecule has 0 amide bonds. The lowest BCUT2D eigenvalue weighted by molar-refractivity contribution is 0.0606. The van der Waals surface area contributed by atoms with Gasteiger partial charge in [-0.05, 0) is 6.07 Å². The van der Waals surface area contributed by atoms with E-state index in [-0.39, 0.29) is 0 Å². The van der Waals surface area contributed by atoms with E-state index in [1.54, 1.807) is 0 Å². The summed E-state index contributed by atoms with van der Waals surface area (Å²) in [4.78, 5) is 11.3. The van der Waals surface area contributed by atoms with Crippen molar-refractivity contribution >= 4 is 40.5 Å². The van der Waals surface area contributed by atoms with Crippen LogP contribution in [0.2, 0.25) is 9.36 Å². The van der Waals surface area contributed by atoms with Gasteiger partial charge in [0.1, 0.15) is 9.21 Å². The Labute approximate surface area is 77.7 Å². The number of ether oxygens (including phenoxy) is 1. The number of rotatable bonds is 1. The van der Waals surface area contributed by atoms with Crippen LogP contribution in [0.4, 0.5) is 0 Å². The molecule has 1 heterocycles. The lowest BCUT2D eigenvalue weighted by Gasteiger charge is -1.90. The van der Waals surface area contributed by atoms with Crippen LogP contribution in [0, 0.1) is 0 Å². The molecule has 0 atom stereocenters. The van der Waals surface area contributed by atoms with Crippen molar-refractivity contribution in [2.75, 3.05) is 7.11 Å². The molecule has 0 aliphatic carbocycles. The molecule has 2 nitrogen and oxygen atoms in total. The zero-order chi connectivity index (χ0) is 8.43. The van der Waals surface area contributed by atoms with Gasteiger partial charge in [-0.2, -0.15) is 0 Å². The molecule has 0 aliphatic rings. The van der Waals surface area contributed by atoms with Crippen LogP contribution in [0.25, 0.3) is 0 Å². The summed E-state index contributed by atoms with van der Waals surface area (Å²) in [5.74, 6) is -0.413. The summed E-state index contributed by atoms with van der Waals surface area (Å²) in [6.45, 7) is 0. The SMILES string of the molecule is COC(=O)c1cc(Cl)c(Cl)s1. The van der Waals surface area contributed by atoms with Gasteiger partial charge in [0.15, 0.2) is 0 Å². The summed E-state index contributed by atoms with van der Waals surface area (Å²) in [6, 6.07) is 1.49. The molecule has 1 aromatic rings. The molecule has 1 rings (SSSR count). The third-order valence-corrected chi connectivity index (χ3v) is 2.88. The average Bonchev–Trinajstić information content (AvgIpc) is 2.31. The van der Waals surface area contributed by atoms with Gasteiger partial charge in [0.05, 0.1) is 12.1 Å². The van der Waals surface area contributed by atoms with E-state index in [9.17, 15) is 4.79 Å². The molecule has 0 fully saturated rings. The van der Waals surface area contributed by atoms with Crippen molar-refractivity contribution in [3.8, 4) is 0 Å². The molecule has 11 heavy (non-hydrogen) atoms. The molecule has 0 N–H and O–H groups in total. The zero-order valence-corrected chi connectivity index (χ0v) is 7.89. The largest absolute Gasteiger partial charge is 0.465 e. The second-order valence-electron chi connectivity index (χ2n) is 1.72. The molecule has 0 radical (unpaired) electrons. The lowest BCUT2D eigenvalue weighted by atomic mass is 10.5. The Morgan fingerprint density at radius 2 is 2.27 bits per heavy atom. The van der Waals surface area contributed by atoms with Gasteiger partial charge in [-0.15, -0.1) is 11.3 Å². The predicted octanol–water partition coefficient (Wildman–Crippen LogP) is 2.84. The molecule has 0 aromatic carbocycles. The summed E-state index contributed by atoms with van der Waals surface area (Å²) in [5.41, 5.74) is 0. The number of carbonyl (C=O) groups is 1. The van der Waals surface area contributed by atoms with Gasteiger partial charge in [0, 0.05) is 0 Å². The highest BCUT2D eigenvalue weighted by atomic mass is 35.5. The fraction of sp³-hybridized carbons (Fsp3) is 0.167. The van der Waals surface area contributed by atoms with Crippen molar-refractivity contribution < 1.29 is 9.53 Å². The van der Waals surface area contributed by atoms with Gasteiger partial charge in [0.2, 0.25) is 0 Å². The summed E-state index contributed by atoms with van der Waals surface area (Å²) < 4.78 is 4.87. The van der Waals surface area contributed by atoms with Crippen LogP contribution in [0.5, 0.6) is 0 Å². The van der Waals surface area contributed by atoms with E-state index < -0.39 is 5.97 Å². The molecule has 0 spiro atoms. The number of esters is 1. The summed E-state index contributed by atoms with van der Waals surface area (Å²) in [6.07, 6.45) is 0. The highest BCUT2D eigenvalue weighted by Gasteiger charge is 2.11. The first-order valence-electron chi connectivity index (χ1n) is 2.68. The third-order valence-electron chi connectivity index (χ3n) is 1.03. The number of thiophene rings is 1. The fourth-order valence-electron chi connectivity index (χ4n) is 0.548. The van der Waals surface area contributed by atoms with E-state index in [4.69, 9.17) is 23.2 Å². The van der Waals surface area contributed by atoms with Crippen molar-refractivity contribution in [3.05, 3.63) is 20.3 Å². The monoisotopic (exact) mass is 210 g/mol. The quantitative estimate of drug-likeness (QED) is 0.667. The Kier molecular flexibility index (Phi) is 2.76. The smallest absolute Gasteiger partial charge is 0.348 e. The minimum atomic E-state index is -0.413. The van der Waals surface area contributed by atoms with Gasteiger partial charge >= 0.3 is 5.97 Å². The second-order valence-corrected chi connectivity index (χ2v) is 3.79. The Morgan fingerprint density at radius 3 is 2.64 bits per heavy atom. The number of halogens is 2. The molecule has 0 aliphatic heterocycles. The molecule has 0 saturated carbocycles. The normalized spacial score (nSPS) is 9.73. The Morgan fingerprint density at radius 1 is 1.64 bits per heavy atom. The maximum atomic E-state index is 10.8. The molecule has 0 bridgehead atoms. The van der Waals surface area contributed by atoms with Crippen molar-refractivity contribution in [1.29, 1.82) is 0 Å². The summed E-state index contributed by atoms with van der Waals surface area (Å²) >= 11 is 12.3. The van der Waals surface area contributed by atoms with Gasteiger partial charge in [-0.1, -0.05) is 23.2 Å². The number of hydrogen-bond acceptors (Lipinski definition) is 3. The zero-order valence-electron chi connectivity index (χ0n) is 5.56. The molecule has 0 unspecified atom stereocenters. The van der Waals surface area contributed by atoms with Crippen molar-refractivity contribution in [1.82, 2.24) is 0 Å². The average molecular weight is 211 g/mol. The maximum Gasteiger partial charge on any atom is 0.348 e. The Bertz CT molecular complexity index is 263. The van der Waals surface area contributed by atoms with Crippen LogP contribution in [0.15, 0.2) is 6.07 Å².